The largest absolute Gasteiger partial charge is 0.486 e. The highest BCUT2D eigenvalue weighted by Crippen LogP contribution is 2.31. The van der Waals surface area contributed by atoms with Gasteiger partial charge in [-0.25, -0.2) is 4.79 Å². The van der Waals surface area contributed by atoms with Gasteiger partial charge in [-0.15, -0.1) is 0 Å². The number of carbonyl (C=O) groups is 2. The third-order valence-electron chi connectivity index (χ3n) is 8.26. The number of rotatable bonds is 7. The van der Waals surface area contributed by atoms with Crippen molar-refractivity contribution >= 4 is 22.9 Å². The van der Waals surface area contributed by atoms with Crippen LogP contribution in [0.3, 0.4) is 0 Å². The number of nitrogens with one attached hydrogen (secondary N) is 1. The number of hydrogen-bond donors (Lipinski definition) is 1. The third-order valence-corrected chi connectivity index (χ3v) is 8.26. The van der Waals surface area contributed by atoms with Gasteiger partial charge in [0.2, 0.25) is 0 Å². The summed E-state index contributed by atoms with van der Waals surface area (Å²) in [4.78, 5) is 42.9. The van der Waals surface area contributed by atoms with E-state index in [2.05, 4.69) is 10.2 Å². The van der Waals surface area contributed by atoms with Crippen LogP contribution >= 0.6 is 0 Å². The second-order valence-corrected chi connectivity index (χ2v) is 12.3. The fourth-order valence-corrected chi connectivity index (χ4v) is 6.07. The van der Waals surface area contributed by atoms with E-state index in [0.717, 1.165) is 48.0 Å². The Morgan fingerprint density at radius 3 is 2.42 bits per heavy atom. The maximum Gasteiger partial charge on any atom is 0.410 e. The summed E-state index contributed by atoms with van der Waals surface area (Å²) in [5.74, 6) is 1.20. The quantitative estimate of drug-likeness (QED) is 0.437. The molecule has 5 rings (SSSR count). The van der Waals surface area contributed by atoms with Gasteiger partial charge >= 0.3 is 6.09 Å². The van der Waals surface area contributed by atoms with E-state index < -0.39 is 5.54 Å². The maximum atomic E-state index is 13.4. The van der Waals surface area contributed by atoms with E-state index in [-0.39, 0.29) is 30.2 Å². The number of ether oxygens (including phenoxy) is 3. The predicted octanol–water partition coefficient (Wildman–Crippen LogP) is 4.34. The van der Waals surface area contributed by atoms with Crippen molar-refractivity contribution in [3.8, 4) is 11.5 Å². The first-order valence-corrected chi connectivity index (χ1v) is 15.0. The molecule has 0 atom stereocenters. The van der Waals surface area contributed by atoms with Crippen LogP contribution < -0.4 is 20.3 Å². The van der Waals surface area contributed by atoms with Gasteiger partial charge in [-0.1, -0.05) is 12.1 Å². The van der Waals surface area contributed by atoms with E-state index in [1.54, 1.807) is 29.8 Å². The first kappa shape index (κ1) is 30.4. The summed E-state index contributed by atoms with van der Waals surface area (Å²) in [7, 11) is 1.60. The number of benzene rings is 2. The summed E-state index contributed by atoms with van der Waals surface area (Å²) in [6.07, 6.45) is 1.28. The van der Waals surface area contributed by atoms with Gasteiger partial charge in [0.15, 0.2) is 11.5 Å². The van der Waals surface area contributed by atoms with E-state index >= 15 is 0 Å². The highest BCUT2D eigenvalue weighted by molar-refractivity contribution is 5.98. The van der Waals surface area contributed by atoms with Gasteiger partial charge in [0.25, 0.3) is 11.5 Å². The van der Waals surface area contributed by atoms with Crippen molar-refractivity contribution in [2.75, 3.05) is 39.9 Å². The second-order valence-electron chi connectivity index (χ2n) is 12.3. The van der Waals surface area contributed by atoms with Gasteiger partial charge in [0.05, 0.1) is 5.52 Å². The highest BCUT2D eigenvalue weighted by atomic mass is 16.6. The number of amides is 2. The number of likely N-dealkylation sites (tertiary alicyclic amines) is 1. The molecule has 2 aliphatic heterocycles. The number of pyridine rings is 1. The van der Waals surface area contributed by atoms with Crippen molar-refractivity contribution in [3.05, 3.63) is 69.5 Å². The Kier molecular flexibility index (Phi) is 8.96. The summed E-state index contributed by atoms with van der Waals surface area (Å²) >= 11 is 0. The summed E-state index contributed by atoms with van der Waals surface area (Å²) in [5.41, 5.74) is 2.55. The molecule has 230 valence electrons. The molecular formula is C33H42N4O6. The topological polar surface area (TPSA) is 102 Å². The average molecular weight is 591 g/mol. The van der Waals surface area contributed by atoms with Crippen molar-refractivity contribution in [2.24, 2.45) is 0 Å². The summed E-state index contributed by atoms with van der Waals surface area (Å²) < 4.78 is 18.8. The van der Waals surface area contributed by atoms with E-state index in [9.17, 15) is 14.4 Å². The molecule has 0 unspecified atom stereocenters. The van der Waals surface area contributed by atoms with E-state index in [4.69, 9.17) is 14.2 Å². The van der Waals surface area contributed by atoms with Crippen molar-refractivity contribution in [3.63, 3.8) is 0 Å². The van der Waals surface area contributed by atoms with Crippen LogP contribution in [0.5, 0.6) is 11.5 Å². The minimum Gasteiger partial charge on any atom is -0.486 e. The molecule has 2 amide bonds. The molecule has 3 heterocycles. The molecule has 0 aliphatic carbocycles. The Morgan fingerprint density at radius 1 is 1.00 bits per heavy atom. The van der Waals surface area contributed by atoms with E-state index in [1.165, 1.54) is 0 Å². The minimum absolute atomic E-state index is 0.0436. The Labute approximate surface area is 252 Å². The molecule has 10 heteroatoms. The third kappa shape index (κ3) is 6.80. The number of piperidine rings is 1. The number of nitrogens with zero attached hydrogens (tertiary/aromatic N) is 3. The van der Waals surface area contributed by atoms with Crippen LogP contribution in [0.15, 0.2) is 47.3 Å². The van der Waals surface area contributed by atoms with Crippen LogP contribution in [0, 0.1) is 6.92 Å². The number of aryl methyl sites for hydroxylation is 1. The number of carbonyl (C=O) groups excluding carboxylic acids is 2. The van der Waals surface area contributed by atoms with Gasteiger partial charge in [-0.2, -0.15) is 0 Å². The van der Waals surface area contributed by atoms with Crippen LogP contribution in [0.2, 0.25) is 0 Å². The van der Waals surface area contributed by atoms with Crippen molar-refractivity contribution < 1.29 is 23.8 Å². The zero-order valence-corrected chi connectivity index (χ0v) is 25.8. The molecule has 2 aromatic carbocycles. The standard InChI is InChI=1S/C33H42N4O6/c1-22-18-30(38)36(27-20-24(31(39)34-5)7-8-26(22)27)15-14-35-12-10-25(11-13-35)37(33(2,3)4)32(40)43-21-23-6-9-28-29(19-23)42-17-16-41-28/h6-9,18-20,25H,10-17,21H2,1-5H3,(H,34,39). The monoisotopic (exact) mass is 590 g/mol. The molecule has 0 radical (unpaired) electrons. The minimum atomic E-state index is -0.409. The fraction of sp³-hybridized carbons (Fsp3) is 0.485. The van der Waals surface area contributed by atoms with Crippen molar-refractivity contribution in [1.82, 2.24) is 19.7 Å². The van der Waals surface area contributed by atoms with E-state index in [0.29, 0.717) is 43.4 Å². The molecule has 0 saturated carbocycles. The van der Waals surface area contributed by atoms with Crippen LogP contribution in [0.4, 0.5) is 4.79 Å². The van der Waals surface area contributed by atoms with Gasteiger partial charge in [-0.3, -0.25) is 9.59 Å². The average Bonchev–Trinajstić information content (AvgIpc) is 2.99. The Balaban J connectivity index is 1.21. The molecule has 0 bridgehead atoms. The van der Waals surface area contributed by atoms with Gasteiger partial charge < -0.3 is 33.9 Å². The molecule has 10 nitrogen and oxygen atoms in total. The molecule has 43 heavy (non-hydrogen) atoms. The lowest BCUT2D eigenvalue weighted by molar-refractivity contribution is 0.0196. The first-order valence-electron chi connectivity index (χ1n) is 15.0. The lowest BCUT2D eigenvalue weighted by atomic mass is 9.97. The normalized spacial score (nSPS) is 15.7. The SMILES string of the molecule is CNC(=O)c1ccc2c(C)cc(=O)n(CCN3CCC(N(C(=O)OCc4ccc5c(c4)OCCO5)C(C)(C)C)CC3)c2c1. The van der Waals surface area contributed by atoms with Crippen LogP contribution in [-0.4, -0.2) is 77.8 Å². The number of aromatic nitrogens is 1. The summed E-state index contributed by atoms with van der Waals surface area (Å²) in [6.45, 7) is 12.0. The van der Waals surface area contributed by atoms with Crippen molar-refractivity contribution in [2.45, 2.75) is 65.3 Å². The lowest BCUT2D eigenvalue weighted by Crippen LogP contribution is -2.55. The number of fused-ring (bicyclic) bond motifs is 2. The Hall–Kier alpha value is -4.05. The number of hydrogen-bond acceptors (Lipinski definition) is 7. The van der Waals surface area contributed by atoms with Crippen LogP contribution in [-0.2, 0) is 17.9 Å². The Bertz CT molecular complexity index is 1550. The molecule has 1 N–H and O–H groups in total. The van der Waals surface area contributed by atoms with Crippen molar-refractivity contribution in [1.29, 1.82) is 0 Å². The predicted molar refractivity (Wildman–Crippen MR) is 165 cm³/mol. The van der Waals surface area contributed by atoms with Gasteiger partial charge in [-0.05, 0) is 75.9 Å². The fourth-order valence-electron chi connectivity index (χ4n) is 6.07. The van der Waals surface area contributed by atoms with Crippen LogP contribution in [0.1, 0.15) is 55.1 Å². The molecule has 0 spiro atoms. The second kappa shape index (κ2) is 12.7. The zero-order valence-electron chi connectivity index (χ0n) is 25.8. The summed E-state index contributed by atoms with van der Waals surface area (Å²) in [5, 5.41) is 3.62. The van der Waals surface area contributed by atoms with Crippen LogP contribution in [0.25, 0.3) is 10.9 Å². The molecule has 1 aromatic heterocycles. The molecule has 1 saturated heterocycles. The first-order chi connectivity index (χ1) is 20.5. The van der Waals surface area contributed by atoms with E-state index in [1.807, 2.05) is 56.9 Å². The lowest BCUT2D eigenvalue weighted by Gasteiger charge is -2.44. The smallest absolute Gasteiger partial charge is 0.410 e. The molecule has 2 aliphatic rings. The Morgan fingerprint density at radius 2 is 1.72 bits per heavy atom. The maximum absolute atomic E-state index is 13.4. The molecule has 1 fully saturated rings. The summed E-state index contributed by atoms with van der Waals surface area (Å²) in [6, 6.07) is 12.8. The zero-order chi connectivity index (χ0) is 30.7. The van der Waals surface area contributed by atoms with Gasteiger partial charge in [0.1, 0.15) is 19.8 Å². The molecule has 3 aromatic rings. The van der Waals surface area contributed by atoms with Gasteiger partial charge in [0, 0.05) is 61.8 Å². The highest BCUT2D eigenvalue weighted by Gasteiger charge is 2.36. The molecular weight excluding hydrogens is 548 g/mol.